The summed E-state index contributed by atoms with van der Waals surface area (Å²) in [7, 11) is 0. The van der Waals surface area contributed by atoms with Gasteiger partial charge in [-0.25, -0.2) is 18.7 Å². The second-order valence-electron chi connectivity index (χ2n) is 8.65. The van der Waals surface area contributed by atoms with Gasteiger partial charge in [0, 0.05) is 29.4 Å². The zero-order chi connectivity index (χ0) is 30.5. The number of hydrogen-bond donors (Lipinski definition) is 2. The van der Waals surface area contributed by atoms with Crippen LogP contribution in [0.4, 0.5) is 46.5 Å². The van der Waals surface area contributed by atoms with Crippen molar-refractivity contribution in [3.05, 3.63) is 84.2 Å². The van der Waals surface area contributed by atoms with Crippen molar-refractivity contribution in [1.29, 1.82) is 0 Å². The third kappa shape index (κ3) is 8.16. The van der Waals surface area contributed by atoms with E-state index in [1.54, 1.807) is 13.8 Å². The van der Waals surface area contributed by atoms with E-state index in [-0.39, 0.29) is 22.5 Å². The first-order valence-corrected chi connectivity index (χ1v) is 11.5. The molecule has 1 amide bonds. The summed E-state index contributed by atoms with van der Waals surface area (Å²) in [4.78, 5) is 25.7. The Morgan fingerprint density at radius 2 is 1.22 bits per heavy atom. The lowest BCUT2D eigenvalue weighted by molar-refractivity contribution is -0.141. The predicted molar refractivity (Wildman–Crippen MR) is 133 cm³/mol. The van der Waals surface area contributed by atoms with Crippen molar-refractivity contribution < 1.29 is 39.9 Å². The number of amides is 1. The quantitative estimate of drug-likeness (QED) is 0.256. The molecule has 41 heavy (non-hydrogen) atoms. The maximum atomic E-state index is 13.2. The van der Waals surface area contributed by atoms with Crippen LogP contribution in [0, 0.1) is 17.6 Å². The molecule has 0 saturated carbocycles. The normalized spacial score (nSPS) is 11.6. The predicted octanol–water partition coefficient (Wildman–Crippen LogP) is 6.78. The number of anilines is 2. The Kier molecular flexibility index (Phi) is 9.20. The number of nitrogens with two attached hydrogens (primary N) is 1. The van der Waals surface area contributed by atoms with Crippen molar-refractivity contribution in [3.63, 3.8) is 0 Å². The minimum atomic E-state index is -4.77. The molecule has 15 heteroatoms. The standard InChI is InChI=1S/C15H13F4N3O.C11H7F4N3/c1-8(2)14(23)22-12-4-3-11(21-13(12)15(17,18)19)9-5-10(16)7-20-6-9;12-7-3-6(4-17-5-7)9-2-1-8(16)10(18-9)11(13,14)15/h3-8H,1-2H3,(H,22,23);1-5H,16H2. The van der Waals surface area contributed by atoms with Crippen molar-refractivity contribution in [2.75, 3.05) is 11.1 Å². The summed E-state index contributed by atoms with van der Waals surface area (Å²) in [5.74, 6) is -2.38. The molecule has 0 aliphatic heterocycles. The number of nitrogens with one attached hydrogen (secondary N) is 1. The third-order valence-electron chi connectivity index (χ3n) is 5.14. The molecule has 4 aromatic rings. The van der Waals surface area contributed by atoms with Gasteiger partial charge in [-0.15, -0.1) is 0 Å². The van der Waals surface area contributed by atoms with E-state index in [2.05, 4.69) is 25.3 Å². The summed E-state index contributed by atoms with van der Waals surface area (Å²) in [6.07, 6.45) is -5.10. The fraction of sp³-hybridized carbons (Fsp3) is 0.192. The summed E-state index contributed by atoms with van der Waals surface area (Å²) < 4.78 is 103. The van der Waals surface area contributed by atoms with Crippen LogP contribution in [-0.2, 0) is 17.1 Å². The van der Waals surface area contributed by atoms with Gasteiger partial charge in [-0.1, -0.05) is 13.8 Å². The Morgan fingerprint density at radius 1 is 0.756 bits per heavy atom. The Labute approximate surface area is 227 Å². The maximum Gasteiger partial charge on any atom is 0.435 e. The summed E-state index contributed by atoms with van der Waals surface area (Å²) >= 11 is 0. The molecular weight excluding hydrogens is 564 g/mol. The van der Waals surface area contributed by atoms with Gasteiger partial charge in [0.2, 0.25) is 5.91 Å². The molecule has 0 unspecified atom stereocenters. The zero-order valence-electron chi connectivity index (χ0n) is 21.1. The molecule has 0 fully saturated rings. The van der Waals surface area contributed by atoms with E-state index < -0.39 is 58.6 Å². The van der Waals surface area contributed by atoms with Crippen LogP contribution in [0.25, 0.3) is 22.5 Å². The lowest BCUT2D eigenvalue weighted by atomic mass is 10.1. The lowest BCUT2D eigenvalue weighted by Gasteiger charge is -2.15. The van der Waals surface area contributed by atoms with E-state index >= 15 is 0 Å². The average Bonchev–Trinajstić information content (AvgIpc) is 2.88. The minimum absolute atomic E-state index is 0.0384. The minimum Gasteiger partial charge on any atom is -0.397 e. The van der Waals surface area contributed by atoms with Crippen LogP contribution in [0.3, 0.4) is 0 Å². The number of rotatable bonds is 4. The highest BCUT2D eigenvalue weighted by Crippen LogP contribution is 2.36. The Bertz CT molecular complexity index is 1540. The van der Waals surface area contributed by atoms with Crippen LogP contribution in [0.2, 0.25) is 0 Å². The second kappa shape index (κ2) is 12.2. The maximum absolute atomic E-state index is 13.2. The highest BCUT2D eigenvalue weighted by Gasteiger charge is 2.37. The fourth-order valence-corrected chi connectivity index (χ4v) is 3.18. The van der Waals surface area contributed by atoms with Gasteiger partial charge < -0.3 is 11.1 Å². The van der Waals surface area contributed by atoms with Crippen LogP contribution in [0.5, 0.6) is 0 Å². The van der Waals surface area contributed by atoms with Crippen molar-refractivity contribution in [2.45, 2.75) is 26.2 Å². The van der Waals surface area contributed by atoms with Crippen molar-refractivity contribution in [3.8, 4) is 22.5 Å². The van der Waals surface area contributed by atoms with Crippen LogP contribution in [0.15, 0.2) is 61.2 Å². The summed E-state index contributed by atoms with van der Waals surface area (Å²) in [6, 6.07) is 6.79. The first-order chi connectivity index (χ1) is 19.1. The Morgan fingerprint density at radius 3 is 1.66 bits per heavy atom. The molecule has 0 aromatic carbocycles. The largest absolute Gasteiger partial charge is 0.435 e. The topological polar surface area (TPSA) is 107 Å². The Balaban J connectivity index is 0.000000232. The monoisotopic (exact) mass is 584 g/mol. The van der Waals surface area contributed by atoms with E-state index in [9.17, 15) is 39.9 Å². The number of pyridine rings is 4. The summed E-state index contributed by atoms with van der Waals surface area (Å²) in [6.45, 7) is 3.12. The van der Waals surface area contributed by atoms with Gasteiger partial charge in [0.05, 0.1) is 35.2 Å². The molecule has 0 aliphatic carbocycles. The summed E-state index contributed by atoms with van der Waals surface area (Å²) in [5.41, 5.74) is 1.99. The van der Waals surface area contributed by atoms with E-state index in [0.29, 0.717) is 0 Å². The number of carbonyl (C=O) groups is 1. The number of nitrogens with zero attached hydrogens (tertiary/aromatic N) is 4. The van der Waals surface area contributed by atoms with E-state index in [1.165, 1.54) is 24.5 Å². The van der Waals surface area contributed by atoms with E-state index in [1.807, 2.05) is 0 Å². The molecule has 216 valence electrons. The van der Waals surface area contributed by atoms with Gasteiger partial charge in [0.25, 0.3) is 0 Å². The highest BCUT2D eigenvalue weighted by molar-refractivity contribution is 5.92. The van der Waals surface area contributed by atoms with Crippen LogP contribution >= 0.6 is 0 Å². The number of hydrogen-bond acceptors (Lipinski definition) is 6. The number of alkyl halides is 6. The van der Waals surface area contributed by atoms with Crippen molar-refractivity contribution >= 4 is 17.3 Å². The number of nitrogen functional groups attached to an aromatic ring is 1. The van der Waals surface area contributed by atoms with E-state index in [4.69, 9.17) is 5.73 Å². The van der Waals surface area contributed by atoms with Crippen LogP contribution in [0.1, 0.15) is 25.2 Å². The van der Waals surface area contributed by atoms with Gasteiger partial charge in [0.15, 0.2) is 11.4 Å². The van der Waals surface area contributed by atoms with Crippen molar-refractivity contribution in [2.24, 2.45) is 5.92 Å². The molecule has 4 rings (SSSR count). The number of aromatic nitrogens is 4. The smallest absolute Gasteiger partial charge is 0.397 e. The molecule has 7 nitrogen and oxygen atoms in total. The zero-order valence-corrected chi connectivity index (χ0v) is 21.1. The molecule has 0 spiro atoms. The molecule has 0 radical (unpaired) electrons. The first-order valence-electron chi connectivity index (χ1n) is 11.5. The van der Waals surface area contributed by atoms with Crippen molar-refractivity contribution in [1.82, 2.24) is 19.9 Å². The van der Waals surface area contributed by atoms with Gasteiger partial charge in [-0.05, 0) is 36.4 Å². The molecule has 4 heterocycles. The number of carbonyl (C=O) groups excluding carboxylic acids is 1. The SMILES string of the molecule is CC(C)C(=O)Nc1ccc(-c2cncc(F)c2)nc1C(F)(F)F.Nc1ccc(-c2cncc(F)c2)nc1C(F)(F)F. The molecule has 0 atom stereocenters. The molecule has 0 bridgehead atoms. The molecular formula is C26H20F8N6O. The van der Waals surface area contributed by atoms with Crippen LogP contribution in [-0.4, -0.2) is 25.8 Å². The first kappa shape index (κ1) is 30.8. The second-order valence-corrected chi connectivity index (χ2v) is 8.65. The van der Waals surface area contributed by atoms with E-state index in [0.717, 1.165) is 36.7 Å². The highest BCUT2D eigenvalue weighted by atomic mass is 19.4. The molecule has 0 aliphatic rings. The summed E-state index contributed by atoms with van der Waals surface area (Å²) in [5, 5.41) is 2.20. The average molecular weight is 584 g/mol. The molecule has 3 N–H and O–H groups in total. The van der Waals surface area contributed by atoms with Gasteiger partial charge in [0.1, 0.15) is 11.6 Å². The van der Waals surface area contributed by atoms with Gasteiger partial charge in [-0.2, -0.15) is 26.3 Å². The number of halogens is 8. The van der Waals surface area contributed by atoms with Crippen LogP contribution < -0.4 is 11.1 Å². The lowest BCUT2D eigenvalue weighted by Crippen LogP contribution is -2.21. The third-order valence-corrected chi connectivity index (χ3v) is 5.14. The molecule has 4 aromatic heterocycles. The molecule has 0 saturated heterocycles. The fourth-order valence-electron chi connectivity index (χ4n) is 3.18. The van der Waals surface area contributed by atoms with Gasteiger partial charge >= 0.3 is 12.4 Å². The van der Waals surface area contributed by atoms with Gasteiger partial charge in [-0.3, -0.25) is 14.8 Å². The Hall–Kier alpha value is -4.69.